The molecule has 1 aromatic rings. The van der Waals surface area contributed by atoms with Gasteiger partial charge in [-0.2, -0.15) is 4.31 Å². The molecule has 6 nitrogen and oxygen atoms in total. The largest absolute Gasteiger partial charge is 0.349 e. The summed E-state index contributed by atoms with van der Waals surface area (Å²) in [4.78, 5) is 13.1. The number of likely N-dealkylation sites (N-methyl/N-ethyl adjacent to an activating group) is 2. The number of nitrogens with zero attached hydrogens (tertiary/aromatic N) is 1. The van der Waals surface area contributed by atoms with Crippen molar-refractivity contribution in [2.24, 2.45) is 0 Å². The van der Waals surface area contributed by atoms with Crippen LogP contribution in [0.25, 0.3) is 0 Å². The molecule has 1 amide bonds. The van der Waals surface area contributed by atoms with Gasteiger partial charge < -0.3 is 10.2 Å². The fourth-order valence-electron chi connectivity index (χ4n) is 1.58. The van der Waals surface area contributed by atoms with Gasteiger partial charge in [0.2, 0.25) is 15.9 Å². The Labute approximate surface area is 134 Å². The molecule has 0 atom stereocenters. The van der Waals surface area contributed by atoms with E-state index in [1.54, 1.807) is 12.1 Å². The summed E-state index contributed by atoms with van der Waals surface area (Å²) in [5.41, 5.74) is 0. The standard InChI is InChI=1S/C13H20BrN3O3S/c1-16(2)9-8-15-13(18)10-17(3)21(19,20)12-6-4-11(14)5-7-12/h4-7H,8-10H2,1-3H3,(H,15,18)/p+1. The number of rotatable bonds is 7. The molecule has 1 aromatic carbocycles. The number of carbonyl (C=O) groups is 1. The average Bonchev–Trinajstić information content (AvgIpc) is 2.38. The molecular formula is C13H21BrN3O3S+. The molecule has 0 saturated carbocycles. The summed E-state index contributed by atoms with van der Waals surface area (Å²) in [6.45, 7) is 1.11. The summed E-state index contributed by atoms with van der Waals surface area (Å²) in [5, 5.41) is 2.70. The van der Waals surface area contributed by atoms with Crippen molar-refractivity contribution < 1.29 is 18.1 Å². The van der Waals surface area contributed by atoms with Crippen LogP contribution < -0.4 is 10.2 Å². The van der Waals surface area contributed by atoms with Crippen LogP contribution in [0.1, 0.15) is 0 Å². The molecule has 0 heterocycles. The van der Waals surface area contributed by atoms with Gasteiger partial charge >= 0.3 is 0 Å². The normalized spacial score (nSPS) is 11.9. The lowest BCUT2D eigenvalue weighted by Crippen LogP contribution is -3.06. The number of benzene rings is 1. The van der Waals surface area contributed by atoms with Gasteiger partial charge in [-0.3, -0.25) is 4.79 Å². The van der Waals surface area contributed by atoms with E-state index in [0.29, 0.717) is 6.54 Å². The van der Waals surface area contributed by atoms with Gasteiger partial charge in [-0.05, 0) is 24.3 Å². The van der Waals surface area contributed by atoms with Crippen molar-refractivity contribution >= 4 is 31.9 Å². The number of amides is 1. The molecule has 0 saturated heterocycles. The van der Waals surface area contributed by atoms with Gasteiger partial charge in [0.15, 0.2) is 0 Å². The first-order chi connectivity index (χ1) is 9.73. The zero-order chi connectivity index (χ0) is 16.0. The zero-order valence-corrected chi connectivity index (χ0v) is 14.8. The number of quaternary nitrogens is 1. The molecule has 0 aliphatic rings. The third-order valence-corrected chi connectivity index (χ3v) is 5.18. The molecule has 118 valence electrons. The SMILES string of the molecule is CN(CC(=O)NCC[NH+](C)C)S(=O)(=O)c1ccc(Br)cc1. The van der Waals surface area contributed by atoms with E-state index in [0.717, 1.165) is 15.3 Å². The lowest BCUT2D eigenvalue weighted by Gasteiger charge is -2.17. The Morgan fingerprint density at radius 3 is 2.38 bits per heavy atom. The van der Waals surface area contributed by atoms with Crippen LogP contribution in [0.15, 0.2) is 33.6 Å². The number of halogens is 1. The highest BCUT2D eigenvalue weighted by atomic mass is 79.9. The minimum absolute atomic E-state index is 0.165. The molecule has 0 fully saturated rings. The van der Waals surface area contributed by atoms with Crippen molar-refractivity contribution in [1.29, 1.82) is 0 Å². The van der Waals surface area contributed by atoms with E-state index in [1.807, 2.05) is 14.1 Å². The molecule has 0 aromatic heterocycles. The average molecular weight is 379 g/mol. The summed E-state index contributed by atoms with van der Waals surface area (Å²) in [5.74, 6) is -0.306. The van der Waals surface area contributed by atoms with Crippen LogP contribution in [-0.4, -0.2) is 59.4 Å². The quantitative estimate of drug-likeness (QED) is 0.660. The van der Waals surface area contributed by atoms with Crippen molar-refractivity contribution in [3.8, 4) is 0 Å². The van der Waals surface area contributed by atoms with E-state index in [1.165, 1.54) is 24.1 Å². The van der Waals surface area contributed by atoms with Crippen LogP contribution in [-0.2, 0) is 14.8 Å². The highest BCUT2D eigenvalue weighted by Gasteiger charge is 2.22. The lowest BCUT2D eigenvalue weighted by molar-refractivity contribution is -0.856. The predicted octanol–water partition coefficient (Wildman–Crippen LogP) is -0.670. The van der Waals surface area contributed by atoms with Crippen molar-refractivity contribution in [2.45, 2.75) is 4.90 Å². The number of carbonyl (C=O) groups excluding carboxylic acids is 1. The van der Waals surface area contributed by atoms with Crippen LogP contribution in [0.2, 0.25) is 0 Å². The highest BCUT2D eigenvalue weighted by molar-refractivity contribution is 9.10. The Bertz CT molecular complexity index is 573. The topological polar surface area (TPSA) is 70.9 Å². The van der Waals surface area contributed by atoms with Crippen molar-refractivity contribution in [2.75, 3.05) is 40.8 Å². The molecule has 8 heteroatoms. The molecule has 0 bridgehead atoms. The van der Waals surface area contributed by atoms with Gasteiger partial charge in [0, 0.05) is 11.5 Å². The number of hydrogen-bond donors (Lipinski definition) is 2. The lowest BCUT2D eigenvalue weighted by atomic mass is 10.4. The Morgan fingerprint density at radius 1 is 1.29 bits per heavy atom. The minimum Gasteiger partial charge on any atom is -0.349 e. The fraction of sp³-hybridized carbons (Fsp3) is 0.462. The molecule has 0 unspecified atom stereocenters. The van der Waals surface area contributed by atoms with E-state index < -0.39 is 10.0 Å². The minimum atomic E-state index is -3.65. The number of hydrogen-bond acceptors (Lipinski definition) is 3. The summed E-state index contributed by atoms with van der Waals surface area (Å²) in [6, 6.07) is 6.31. The maximum Gasteiger partial charge on any atom is 0.243 e. The molecular weight excluding hydrogens is 358 g/mol. The smallest absolute Gasteiger partial charge is 0.243 e. The zero-order valence-electron chi connectivity index (χ0n) is 12.4. The fourth-order valence-corrected chi connectivity index (χ4v) is 2.97. The summed E-state index contributed by atoms with van der Waals surface area (Å²) < 4.78 is 26.4. The van der Waals surface area contributed by atoms with Gasteiger partial charge in [0.1, 0.15) is 0 Å². The highest BCUT2D eigenvalue weighted by Crippen LogP contribution is 2.17. The number of nitrogens with one attached hydrogen (secondary N) is 2. The summed E-state index contributed by atoms with van der Waals surface area (Å²) >= 11 is 3.26. The second kappa shape index (κ2) is 7.88. The van der Waals surface area contributed by atoms with E-state index in [2.05, 4.69) is 21.2 Å². The molecule has 0 aliphatic heterocycles. The summed E-state index contributed by atoms with van der Waals surface area (Å²) in [7, 11) is 1.72. The second-order valence-corrected chi connectivity index (χ2v) is 7.98. The Hall–Kier alpha value is -0.960. The van der Waals surface area contributed by atoms with Crippen LogP contribution in [0.4, 0.5) is 0 Å². The first-order valence-electron chi connectivity index (χ1n) is 6.51. The van der Waals surface area contributed by atoms with E-state index in [4.69, 9.17) is 0 Å². The Morgan fingerprint density at radius 2 is 1.86 bits per heavy atom. The van der Waals surface area contributed by atoms with E-state index in [-0.39, 0.29) is 17.3 Å². The van der Waals surface area contributed by atoms with Crippen molar-refractivity contribution in [1.82, 2.24) is 9.62 Å². The van der Waals surface area contributed by atoms with Gasteiger partial charge in [-0.15, -0.1) is 0 Å². The summed E-state index contributed by atoms with van der Waals surface area (Å²) in [6.07, 6.45) is 0. The van der Waals surface area contributed by atoms with Gasteiger partial charge in [-0.1, -0.05) is 15.9 Å². The van der Waals surface area contributed by atoms with Crippen LogP contribution in [0, 0.1) is 0 Å². The van der Waals surface area contributed by atoms with Crippen LogP contribution in [0.3, 0.4) is 0 Å². The van der Waals surface area contributed by atoms with Crippen LogP contribution in [0.5, 0.6) is 0 Å². The van der Waals surface area contributed by atoms with Crippen LogP contribution >= 0.6 is 15.9 Å². The molecule has 2 N–H and O–H groups in total. The van der Waals surface area contributed by atoms with Gasteiger partial charge in [0.25, 0.3) is 0 Å². The first kappa shape index (κ1) is 18.1. The Kier molecular flexibility index (Phi) is 6.79. The Balaban J connectivity index is 2.63. The predicted molar refractivity (Wildman–Crippen MR) is 84.6 cm³/mol. The molecule has 0 radical (unpaired) electrons. The third kappa shape index (κ3) is 5.74. The van der Waals surface area contributed by atoms with Gasteiger partial charge in [-0.25, -0.2) is 8.42 Å². The third-order valence-electron chi connectivity index (χ3n) is 2.84. The van der Waals surface area contributed by atoms with E-state index >= 15 is 0 Å². The van der Waals surface area contributed by atoms with E-state index in [9.17, 15) is 13.2 Å². The number of sulfonamides is 1. The maximum absolute atomic E-state index is 12.3. The molecule has 0 spiro atoms. The monoisotopic (exact) mass is 378 g/mol. The first-order valence-corrected chi connectivity index (χ1v) is 8.74. The van der Waals surface area contributed by atoms with Crippen molar-refractivity contribution in [3.63, 3.8) is 0 Å². The van der Waals surface area contributed by atoms with Crippen molar-refractivity contribution in [3.05, 3.63) is 28.7 Å². The molecule has 21 heavy (non-hydrogen) atoms. The second-order valence-electron chi connectivity index (χ2n) is 5.02. The molecule has 0 aliphatic carbocycles. The molecule has 1 rings (SSSR count). The maximum atomic E-state index is 12.3. The van der Waals surface area contributed by atoms with Gasteiger partial charge in [0.05, 0.1) is 38.6 Å².